The molecule has 3 rings (SSSR count). The molecule has 8 heteroatoms. The maximum atomic E-state index is 13.2. The van der Waals surface area contributed by atoms with Crippen molar-refractivity contribution < 1.29 is 23.8 Å². The van der Waals surface area contributed by atoms with Crippen molar-refractivity contribution in [1.82, 2.24) is 15.5 Å². The standard InChI is InChI=1S/C26H35N3O5/c1-18(2)24(28-25(30)20-7-11-22(33-4)12-8-20)26(31)27-17-23(29-13-15-34-16-14-29)19-5-9-21(32-3)10-6-19/h5-12,18,23-24H,13-17H2,1-4H3,(H,27,31)(H,28,30). The summed E-state index contributed by atoms with van der Waals surface area (Å²) >= 11 is 0. The Hall–Kier alpha value is -3.10. The highest BCUT2D eigenvalue weighted by Crippen LogP contribution is 2.24. The van der Waals surface area contributed by atoms with E-state index in [2.05, 4.69) is 15.5 Å². The Morgan fingerprint density at radius 3 is 2.03 bits per heavy atom. The van der Waals surface area contributed by atoms with Gasteiger partial charge in [-0.1, -0.05) is 26.0 Å². The Morgan fingerprint density at radius 2 is 1.50 bits per heavy atom. The van der Waals surface area contributed by atoms with Crippen molar-refractivity contribution in [3.8, 4) is 11.5 Å². The SMILES string of the molecule is COc1ccc(C(=O)NC(C(=O)NCC(c2ccc(OC)cc2)N2CCOCC2)C(C)C)cc1. The summed E-state index contributed by atoms with van der Waals surface area (Å²) in [4.78, 5) is 28.2. The van der Waals surface area contributed by atoms with Crippen LogP contribution in [-0.4, -0.2) is 69.8 Å². The molecule has 2 amide bonds. The van der Waals surface area contributed by atoms with E-state index in [9.17, 15) is 9.59 Å². The van der Waals surface area contributed by atoms with Crippen LogP contribution >= 0.6 is 0 Å². The summed E-state index contributed by atoms with van der Waals surface area (Å²) in [7, 11) is 3.21. The molecule has 34 heavy (non-hydrogen) atoms. The van der Waals surface area contributed by atoms with Crippen LogP contribution in [0.4, 0.5) is 0 Å². The quantitative estimate of drug-likeness (QED) is 0.556. The van der Waals surface area contributed by atoms with Crippen molar-refractivity contribution in [3.63, 3.8) is 0 Å². The van der Waals surface area contributed by atoms with Gasteiger partial charge in [0.2, 0.25) is 5.91 Å². The zero-order valence-corrected chi connectivity index (χ0v) is 20.4. The second-order valence-electron chi connectivity index (χ2n) is 8.61. The molecule has 2 aromatic rings. The molecule has 0 aliphatic carbocycles. The topological polar surface area (TPSA) is 89.1 Å². The first-order chi connectivity index (χ1) is 16.4. The molecule has 2 aromatic carbocycles. The molecule has 0 spiro atoms. The van der Waals surface area contributed by atoms with Crippen LogP contribution in [-0.2, 0) is 9.53 Å². The van der Waals surface area contributed by atoms with E-state index in [1.807, 2.05) is 38.1 Å². The molecular weight excluding hydrogens is 434 g/mol. The first-order valence-electron chi connectivity index (χ1n) is 11.6. The molecule has 2 atom stereocenters. The van der Waals surface area contributed by atoms with Gasteiger partial charge in [-0.15, -0.1) is 0 Å². The van der Waals surface area contributed by atoms with Gasteiger partial charge >= 0.3 is 0 Å². The van der Waals surface area contributed by atoms with Gasteiger partial charge in [0.1, 0.15) is 17.5 Å². The summed E-state index contributed by atoms with van der Waals surface area (Å²) < 4.78 is 15.9. The Balaban J connectivity index is 1.68. The number of carbonyl (C=O) groups excluding carboxylic acids is 2. The maximum Gasteiger partial charge on any atom is 0.251 e. The van der Waals surface area contributed by atoms with E-state index in [0.717, 1.165) is 24.4 Å². The maximum absolute atomic E-state index is 13.2. The summed E-state index contributed by atoms with van der Waals surface area (Å²) in [6, 6.07) is 14.0. The Labute approximate surface area is 201 Å². The number of benzene rings is 2. The number of nitrogens with zero attached hydrogens (tertiary/aromatic N) is 1. The predicted molar refractivity (Wildman–Crippen MR) is 130 cm³/mol. The number of methoxy groups -OCH3 is 2. The number of carbonyl (C=O) groups is 2. The summed E-state index contributed by atoms with van der Waals surface area (Å²) in [6.07, 6.45) is 0. The first-order valence-corrected chi connectivity index (χ1v) is 11.6. The molecule has 184 valence electrons. The average molecular weight is 470 g/mol. The predicted octanol–water partition coefficient (Wildman–Crippen LogP) is 2.65. The van der Waals surface area contributed by atoms with E-state index in [1.165, 1.54) is 0 Å². The second kappa shape index (κ2) is 12.4. The minimum atomic E-state index is -0.657. The third kappa shape index (κ3) is 6.71. The smallest absolute Gasteiger partial charge is 0.251 e. The van der Waals surface area contributed by atoms with Crippen LogP contribution in [0.5, 0.6) is 11.5 Å². The number of rotatable bonds is 10. The molecule has 1 aliphatic rings. The molecule has 0 bridgehead atoms. The highest BCUT2D eigenvalue weighted by molar-refractivity contribution is 5.97. The van der Waals surface area contributed by atoms with E-state index in [4.69, 9.17) is 14.2 Å². The van der Waals surface area contributed by atoms with Gasteiger partial charge in [0.25, 0.3) is 5.91 Å². The fraction of sp³-hybridized carbons (Fsp3) is 0.462. The number of hydrogen-bond acceptors (Lipinski definition) is 6. The van der Waals surface area contributed by atoms with Crippen LogP contribution in [0.1, 0.15) is 35.8 Å². The van der Waals surface area contributed by atoms with Gasteiger partial charge in [0.15, 0.2) is 0 Å². The number of hydrogen-bond donors (Lipinski definition) is 2. The van der Waals surface area contributed by atoms with Gasteiger partial charge in [0.05, 0.1) is 33.5 Å². The number of morpholine rings is 1. The van der Waals surface area contributed by atoms with Crippen LogP contribution in [0.25, 0.3) is 0 Å². The molecule has 2 N–H and O–H groups in total. The molecule has 1 heterocycles. The largest absolute Gasteiger partial charge is 0.497 e. The number of amides is 2. The molecule has 0 aromatic heterocycles. The summed E-state index contributed by atoms with van der Waals surface area (Å²) in [6.45, 7) is 7.15. The van der Waals surface area contributed by atoms with Crippen molar-refractivity contribution in [2.24, 2.45) is 5.92 Å². The first kappa shape index (κ1) is 25.5. The van der Waals surface area contributed by atoms with Crippen LogP contribution < -0.4 is 20.1 Å². The molecule has 1 aliphatic heterocycles. The summed E-state index contributed by atoms with van der Waals surface area (Å²) in [5, 5.41) is 5.96. The van der Waals surface area contributed by atoms with Crippen molar-refractivity contribution in [2.75, 3.05) is 47.1 Å². The Kier molecular flexibility index (Phi) is 9.30. The molecule has 0 radical (unpaired) electrons. The van der Waals surface area contributed by atoms with Gasteiger partial charge in [-0.2, -0.15) is 0 Å². The van der Waals surface area contributed by atoms with Crippen molar-refractivity contribution in [3.05, 3.63) is 59.7 Å². The average Bonchev–Trinajstić information content (AvgIpc) is 2.88. The minimum Gasteiger partial charge on any atom is -0.497 e. The molecule has 2 unspecified atom stereocenters. The van der Waals surface area contributed by atoms with Crippen molar-refractivity contribution in [1.29, 1.82) is 0 Å². The second-order valence-corrected chi connectivity index (χ2v) is 8.61. The summed E-state index contributed by atoms with van der Waals surface area (Å²) in [5.41, 5.74) is 1.56. The van der Waals surface area contributed by atoms with Crippen LogP contribution in [0, 0.1) is 5.92 Å². The molecule has 1 fully saturated rings. The molecule has 0 saturated carbocycles. The van der Waals surface area contributed by atoms with E-state index < -0.39 is 6.04 Å². The van der Waals surface area contributed by atoms with E-state index in [-0.39, 0.29) is 23.8 Å². The van der Waals surface area contributed by atoms with Gasteiger partial charge in [-0.3, -0.25) is 14.5 Å². The Morgan fingerprint density at radius 1 is 0.941 bits per heavy atom. The van der Waals surface area contributed by atoms with Crippen LogP contribution in [0.15, 0.2) is 48.5 Å². The van der Waals surface area contributed by atoms with E-state index >= 15 is 0 Å². The number of ether oxygens (including phenoxy) is 3. The normalized spacial score (nSPS) is 15.9. The van der Waals surface area contributed by atoms with Gasteiger partial charge in [0, 0.05) is 25.2 Å². The van der Waals surface area contributed by atoms with Gasteiger partial charge in [-0.05, 0) is 47.9 Å². The highest BCUT2D eigenvalue weighted by atomic mass is 16.5. The fourth-order valence-electron chi connectivity index (χ4n) is 3.98. The fourth-order valence-corrected chi connectivity index (χ4v) is 3.98. The zero-order chi connectivity index (χ0) is 24.5. The lowest BCUT2D eigenvalue weighted by Crippen LogP contribution is -2.51. The lowest BCUT2D eigenvalue weighted by atomic mass is 10.0. The lowest BCUT2D eigenvalue weighted by Gasteiger charge is -2.35. The third-order valence-electron chi connectivity index (χ3n) is 6.04. The molecular formula is C26H35N3O5. The van der Waals surface area contributed by atoms with Crippen molar-refractivity contribution >= 4 is 11.8 Å². The minimum absolute atomic E-state index is 0.0103. The third-order valence-corrected chi connectivity index (χ3v) is 6.04. The zero-order valence-electron chi connectivity index (χ0n) is 20.4. The molecule has 8 nitrogen and oxygen atoms in total. The summed E-state index contributed by atoms with van der Waals surface area (Å²) in [5.74, 6) is 0.877. The van der Waals surface area contributed by atoms with Gasteiger partial charge in [-0.25, -0.2) is 0 Å². The Bertz CT molecular complexity index is 924. The van der Waals surface area contributed by atoms with Crippen molar-refractivity contribution in [2.45, 2.75) is 25.9 Å². The van der Waals surface area contributed by atoms with Crippen LogP contribution in [0.3, 0.4) is 0 Å². The monoisotopic (exact) mass is 469 g/mol. The van der Waals surface area contributed by atoms with E-state index in [0.29, 0.717) is 31.1 Å². The van der Waals surface area contributed by atoms with Gasteiger partial charge < -0.3 is 24.8 Å². The molecule has 1 saturated heterocycles. The highest BCUT2D eigenvalue weighted by Gasteiger charge is 2.28. The number of nitrogens with one attached hydrogen (secondary N) is 2. The van der Waals surface area contributed by atoms with Crippen LogP contribution in [0.2, 0.25) is 0 Å². The van der Waals surface area contributed by atoms with E-state index in [1.54, 1.807) is 38.5 Å². The lowest BCUT2D eigenvalue weighted by molar-refractivity contribution is -0.124.